The van der Waals surface area contributed by atoms with E-state index in [0.717, 1.165) is 19.1 Å². The van der Waals surface area contributed by atoms with Crippen LogP contribution in [0.3, 0.4) is 0 Å². The Morgan fingerprint density at radius 1 is 1.35 bits per heavy atom. The number of hydrogen-bond donors (Lipinski definition) is 1. The normalized spacial score (nSPS) is 27.1. The molecule has 2 nitrogen and oxygen atoms in total. The van der Waals surface area contributed by atoms with Crippen molar-refractivity contribution in [1.29, 1.82) is 0 Å². The van der Waals surface area contributed by atoms with Crippen LogP contribution in [0.4, 0.5) is 8.78 Å². The average molecular weight is 281 g/mol. The van der Waals surface area contributed by atoms with E-state index in [1.54, 1.807) is 0 Å². The monoisotopic (exact) mass is 281 g/mol. The SMILES string of the molecule is CCOC1CC(NCc2cc(F)ccc2F)C12CCC2. The molecule has 0 amide bonds. The zero-order valence-electron chi connectivity index (χ0n) is 11.8. The molecule has 1 aromatic carbocycles. The van der Waals surface area contributed by atoms with Crippen LogP contribution in [0.1, 0.15) is 38.2 Å². The molecule has 1 spiro atoms. The second-order valence-corrected chi connectivity index (χ2v) is 5.94. The highest BCUT2D eigenvalue weighted by atomic mass is 19.1. The van der Waals surface area contributed by atoms with Crippen molar-refractivity contribution in [3.8, 4) is 0 Å². The molecule has 1 aromatic rings. The quantitative estimate of drug-likeness (QED) is 0.893. The first kappa shape index (κ1) is 14.0. The molecule has 0 aliphatic heterocycles. The highest BCUT2D eigenvalue weighted by Gasteiger charge is 2.58. The van der Waals surface area contributed by atoms with Crippen molar-refractivity contribution in [2.75, 3.05) is 6.61 Å². The summed E-state index contributed by atoms with van der Waals surface area (Å²) in [5, 5.41) is 3.40. The molecular formula is C16H21F2NO. The van der Waals surface area contributed by atoms with Crippen LogP contribution < -0.4 is 5.32 Å². The van der Waals surface area contributed by atoms with E-state index in [1.807, 2.05) is 6.92 Å². The van der Waals surface area contributed by atoms with E-state index in [0.29, 0.717) is 24.3 Å². The summed E-state index contributed by atoms with van der Waals surface area (Å²) in [4.78, 5) is 0. The largest absolute Gasteiger partial charge is 0.378 e. The lowest BCUT2D eigenvalue weighted by molar-refractivity contribution is -0.173. The molecule has 0 saturated heterocycles. The van der Waals surface area contributed by atoms with Gasteiger partial charge in [-0.1, -0.05) is 6.42 Å². The topological polar surface area (TPSA) is 21.3 Å². The number of rotatable bonds is 5. The van der Waals surface area contributed by atoms with Gasteiger partial charge >= 0.3 is 0 Å². The summed E-state index contributed by atoms with van der Waals surface area (Å²) >= 11 is 0. The molecule has 3 rings (SSSR count). The molecule has 0 heterocycles. The van der Waals surface area contributed by atoms with Gasteiger partial charge in [0.05, 0.1) is 6.10 Å². The maximum absolute atomic E-state index is 13.6. The number of hydrogen-bond acceptors (Lipinski definition) is 2. The molecule has 1 N–H and O–H groups in total. The van der Waals surface area contributed by atoms with Gasteiger partial charge in [-0.05, 0) is 44.4 Å². The Kier molecular flexibility index (Phi) is 3.78. The van der Waals surface area contributed by atoms with E-state index >= 15 is 0 Å². The number of ether oxygens (including phenoxy) is 1. The Bertz CT molecular complexity index is 487. The Morgan fingerprint density at radius 3 is 2.80 bits per heavy atom. The second-order valence-electron chi connectivity index (χ2n) is 5.94. The first-order valence-corrected chi connectivity index (χ1v) is 7.44. The maximum atomic E-state index is 13.6. The van der Waals surface area contributed by atoms with Crippen molar-refractivity contribution < 1.29 is 13.5 Å². The third kappa shape index (κ3) is 2.25. The minimum absolute atomic E-state index is 0.250. The third-order valence-corrected chi connectivity index (χ3v) is 4.98. The van der Waals surface area contributed by atoms with E-state index in [2.05, 4.69) is 5.32 Å². The highest BCUT2D eigenvalue weighted by Crippen LogP contribution is 2.57. The second kappa shape index (κ2) is 5.41. The van der Waals surface area contributed by atoms with E-state index in [-0.39, 0.29) is 17.0 Å². The van der Waals surface area contributed by atoms with Crippen molar-refractivity contribution in [3.05, 3.63) is 35.4 Å². The van der Waals surface area contributed by atoms with Crippen molar-refractivity contribution >= 4 is 0 Å². The minimum Gasteiger partial charge on any atom is -0.378 e. The van der Waals surface area contributed by atoms with Gasteiger partial charge in [0.25, 0.3) is 0 Å². The van der Waals surface area contributed by atoms with Crippen molar-refractivity contribution in [2.24, 2.45) is 5.41 Å². The van der Waals surface area contributed by atoms with Crippen molar-refractivity contribution in [3.63, 3.8) is 0 Å². The minimum atomic E-state index is -0.387. The van der Waals surface area contributed by atoms with Crippen LogP contribution in [0.15, 0.2) is 18.2 Å². The molecule has 0 bridgehead atoms. The maximum Gasteiger partial charge on any atom is 0.127 e. The van der Waals surface area contributed by atoms with Crippen LogP contribution >= 0.6 is 0 Å². The zero-order valence-corrected chi connectivity index (χ0v) is 11.8. The van der Waals surface area contributed by atoms with Gasteiger partial charge in [0, 0.05) is 30.2 Å². The Balaban J connectivity index is 1.61. The van der Waals surface area contributed by atoms with E-state index in [4.69, 9.17) is 4.74 Å². The molecule has 0 aromatic heterocycles. The fraction of sp³-hybridized carbons (Fsp3) is 0.625. The summed E-state index contributed by atoms with van der Waals surface area (Å²) in [5.74, 6) is -0.732. The summed E-state index contributed by atoms with van der Waals surface area (Å²) in [6.45, 7) is 3.15. The lowest BCUT2D eigenvalue weighted by Gasteiger charge is -2.61. The molecule has 2 unspecified atom stereocenters. The standard InChI is InChI=1S/C16H21F2NO/c1-2-20-15-9-14(16(15)6-3-7-16)19-10-11-8-12(17)4-5-13(11)18/h4-5,8,14-15,19H,2-3,6-7,9-10H2,1H3. The molecule has 2 saturated carbocycles. The molecule has 2 aliphatic carbocycles. The molecule has 0 radical (unpaired) electrons. The molecule has 20 heavy (non-hydrogen) atoms. The molecule has 110 valence electrons. The van der Waals surface area contributed by atoms with Crippen LogP contribution in [-0.2, 0) is 11.3 Å². The zero-order chi connectivity index (χ0) is 14.2. The highest BCUT2D eigenvalue weighted by molar-refractivity contribution is 5.20. The molecule has 4 heteroatoms. The summed E-state index contributed by atoms with van der Waals surface area (Å²) in [6, 6.07) is 3.99. The van der Waals surface area contributed by atoms with Gasteiger partial charge in [-0.15, -0.1) is 0 Å². The lowest BCUT2D eigenvalue weighted by Crippen LogP contribution is -2.66. The van der Waals surface area contributed by atoms with Crippen LogP contribution in [0.5, 0.6) is 0 Å². The average Bonchev–Trinajstić information content (AvgIpc) is 2.34. The third-order valence-electron chi connectivity index (χ3n) is 4.98. The summed E-state index contributed by atoms with van der Waals surface area (Å²) in [6.07, 6.45) is 4.93. The Labute approximate surface area is 118 Å². The smallest absolute Gasteiger partial charge is 0.127 e. The fourth-order valence-electron chi connectivity index (χ4n) is 3.64. The lowest BCUT2D eigenvalue weighted by atomic mass is 9.51. The summed E-state index contributed by atoms with van der Waals surface area (Å²) in [5.41, 5.74) is 0.652. The van der Waals surface area contributed by atoms with Crippen molar-refractivity contribution in [1.82, 2.24) is 5.32 Å². The Morgan fingerprint density at radius 2 is 2.15 bits per heavy atom. The van der Waals surface area contributed by atoms with Gasteiger partial charge < -0.3 is 10.1 Å². The van der Waals surface area contributed by atoms with Crippen LogP contribution in [0, 0.1) is 17.0 Å². The van der Waals surface area contributed by atoms with E-state index in [1.165, 1.54) is 31.4 Å². The number of benzene rings is 1. The first-order valence-electron chi connectivity index (χ1n) is 7.44. The molecule has 2 fully saturated rings. The van der Waals surface area contributed by atoms with Gasteiger partial charge in [0.1, 0.15) is 11.6 Å². The van der Waals surface area contributed by atoms with Crippen LogP contribution in [-0.4, -0.2) is 18.8 Å². The van der Waals surface area contributed by atoms with Gasteiger partial charge in [0.2, 0.25) is 0 Å². The summed E-state index contributed by atoms with van der Waals surface area (Å²) < 4.78 is 32.5. The van der Waals surface area contributed by atoms with E-state index < -0.39 is 0 Å². The molecular weight excluding hydrogens is 260 g/mol. The predicted molar refractivity (Wildman–Crippen MR) is 73.3 cm³/mol. The van der Waals surface area contributed by atoms with Gasteiger partial charge in [0.15, 0.2) is 0 Å². The van der Waals surface area contributed by atoms with E-state index in [9.17, 15) is 8.78 Å². The number of nitrogens with one attached hydrogen (secondary N) is 1. The summed E-state index contributed by atoms with van der Waals surface area (Å²) in [7, 11) is 0. The fourth-order valence-corrected chi connectivity index (χ4v) is 3.64. The number of halogens is 2. The molecule has 2 atom stereocenters. The van der Waals surface area contributed by atoms with Crippen LogP contribution in [0.2, 0.25) is 0 Å². The van der Waals surface area contributed by atoms with Crippen molar-refractivity contribution in [2.45, 2.75) is 51.3 Å². The predicted octanol–water partition coefficient (Wildman–Crippen LogP) is 3.40. The first-order chi connectivity index (χ1) is 9.65. The van der Waals surface area contributed by atoms with Gasteiger partial charge in [-0.2, -0.15) is 0 Å². The van der Waals surface area contributed by atoms with Crippen LogP contribution in [0.25, 0.3) is 0 Å². The van der Waals surface area contributed by atoms with Gasteiger partial charge in [-0.3, -0.25) is 0 Å². The Hall–Kier alpha value is -1.00. The van der Waals surface area contributed by atoms with Gasteiger partial charge in [-0.25, -0.2) is 8.78 Å². The molecule has 2 aliphatic rings.